The van der Waals surface area contributed by atoms with E-state index in [1.807, 2.05) is 0 Å². The van der Waals surface area contributed by atoms with Gasteiger partial charge in [-0.05, 0) is 30.2 Å². The van der Waals surface area contributed by atoms with Crippen LogP contribution < -0.4 is 5.73 Å². The highest BCUT2D eigenvalue weighted by atomic mass is 32.2. The Morgan fingerprint density at radius 1 is 1.38 bits per heavy atom. The van der Waals surface area contributed by atoms with Crippen LogP contribution in [0.25, 0.3) is 0 Å². The molecule has 0 heterocycles. The molecule has 16 heavy (non-hydrogen) atoms. The molecule has 2 N–H and O–H groups in total. The van der Waals surface area contributed by atoms with E-state index in [1.54, 1.807) is 0 Å². The maximum Gasteiger partial charge on any atom is 0.123 e. The van der Waals surface area contributed by atoms with Crippen LogP contribution in [0.1, 0.15) is 31.7 Å². The SMILES string of the molecule is CCCCCS(=O)Cc1cc(F)ccc1N. The summed E-state index contributed by atoms with van der Waals surface area (Å²) >= 11 is 0. The zero-order valence-corrected chi connectivity index (χ0v) is 10.4. The van der Waals surface area contributed by atoms with Gasteiger partial charge in [0, 0.05) is 22.2 Å². The standard InChI is InChI=1S/C12H18FNOS/c1-2-3-4-7-16(15)9-10-8-11(13)5-6-12(10)14/h5-6,8H,2-4,7,9,14H2,1H3. The second kappa shape index (κ2) is 6.63. The first-order valence-corrected chi connectivity index (χ1v) is 7.01. The topological polar surface area (TPSA) is 43.1 Å². The quantitative estimate of drug-likeness (QED) is 0.616. The number of rotatable bonds is 6. The average molecular weight is 243 g/mol. The van der Waals surface area contributed by atoms with Crippen molar-refractivity contribution in [2.45, 2.75) is 31.9 Å². The lowest BCUT2D eigenvalue weighted by Gasteiger charge is -2.05. The summed E-state index contributed by atoms with van der Waals surface area (Å²) in [6, 6.07) is 4.21. The van der Waals surface area contributed by atoms with Crippen LogP contribution in [0.15, 0.2) is 18.2 Å². The Bertz CT molecular complexity index is 368. The summed E-state index contributed by atoms with van der Waals surface area (Å²) in [6.45, 7) is 2.10. The lowest BCUT2D eigenvalue weighted by atomic mass is 10.2. The van der Waals surface area contributed by atoms with Gasteiger partial charge in [0.15, 0.2) is 0 Å². The molecule has 90 valence electrons. The van der Waals surface area contributed by atoms with Crippen LogP contribution in [0.3, 0.4) is 0 Å². The van der Waals surface area contributed by atoms with Gasteiger partial charge >= 0.3 is 0 Å². The van der Waals surface area contributed by atoms with Crippen LogP contribution in [0.2, 0.25) is 0 Å². The number of anilines is 1. The molecule has 1 unspecified atom stereocenters. The van der Waals surface area contributed by atoms with E-state index in [-0.39, 0.29) is 5.82 Å². The summed E-state index contributed by atoms with van der Waals surface area (Å²) in [7, 11) is -0.938. The molecule has 0 aliphatic rings. The Labute approximate surface area is 98.5 Å². The molecule has 0 aliphatic heterocycles. The van der Waals surface area contributed by atoms with Gasteiger partial charge in [-0.2, -0.15) is 0 Å². The maximum atomic E-state index is 12.9. The fraction of sp³-hybridized carbons (Fsp3) is 0.500. The van der Waals surface area contributed by atoms with Gasteiger partial charge in [0.2, 0.25) is 0 Å². The molecule has 0 fully saturated rings. The number of unbranched alkanes of at least 4 members (excludes halogenated alkanes) is 2. The van der Waals surface area contributed by atoms with Crippen LogP contribution in [0, 0.1) is 5.82 Å². The molecule has 1 aromatic rings. The van der Waals surface area contributed by atoms with Crippen LogP contribution in [0.4, 0.5) is 10.1 Å². The number of hydrogen-bond acceptors (Lipinski definition) is 2. The van der Waals surface area contributed by atoms with Crippen molar-refractivity contribution in [3.05, 3.63) is 29.6 Å². The van der Waals surface area contributed by atoms with E-state index in [9.17, 15) is 8.60 Å². The number of hydrogen-bond donors (Lipinski definition) is 1. The fourth-order valence-corrected chi connectivity index (χ4v) is 2.73. The van der Waals surface area contributed by atoms with Crippen molar-refractivity contribution in [1.82, 2.24) is 0 Å². The molecule has 0 bridgehead atoms. The van der Waals surface area contributed by atoms with Crippen molar-refractivity contribution in [1.29, 1.82) is 0 Å². The second-order valence-electron chi connectivity index (χ2n) is 3.84. The molecule has 0 saturated heterocycles. The van der Waals surface area contributed by atoms with Crippen molar-refractivity contribution >= 4 is 16.5 Å². The zero-order valence-electron chi connectivity index (χ0n) is 9.54. The Hall–Kier alpha value is -0.900. The minimum absolute atomic E-state index is 0.324. The fourth-order valence-electron chi connectivity index (χ4n) is 1.46. The monoisotopic (exact) mass is 243 g/mol. The third-order valence-corrected chi connectivity index (χ3v) is 3.77. The first kappa shape index (κ1) is 13.2. The second-order valence-corrected chi connectivity index (χ2v) is 5.42. The van der Waals surface area contributed by atoms with Crippen LogP contribution in [0.5, 0.6) is 0 Å². The third kappa shape index (κ3) is 4.31. The average Bonchev–Trinajstić information content (AvgIpc) is 2.24. The van der Waals surface area contributed by atoms with E-state index in [4.69, 9.17) is 5.73 Å². The number of halogens is 1. The Kier molecular flexibility index (Phi) is 5.46. The summed E-state index contributed by atoms with van der Waals surface area (Å²) < 4.78 is 24.6. The molecule has 0 aliphatic carbocycles. The van der Waals surface area contributed by atoms with Crippen molar-refractivity contribution in [2.24, 2.45) is 0 Å². The molecule has 1 aromatic carbocycles. The first-order valence-electron chi connectivity index (χ1n) is 5.52. The normalized spacial score (nSPS) is 12.6. The van der Waals surface area contributed by atoms with Crippen LogP contribution in [-0.2, 0) is 16.6 Å². The highest BCUT2D eigenvalue weighted by Gasteiger charge is 2.06. The van der Waals surface area contributed by atoms with Gasteiger partial charge in [0.25, 0.3) is 0 Å². The highest BCUT2D eigenvalue weighted by molar-refractivity contribution is 7.84. The summed E-state index contributed by atoms with van der Waals surface area (Å²) in [5, 5.41) is 0. The highest BCUT2D eigenvalue weighted by Crippen LogP contribution is 2.15. The predicted molar refractivity (Wildman–Crippen MR) is 67.1 cm³/mol. The molecule has 0 spiro atoms. The minimum Gasteiger partial charge on any atom is -0.398 e. The molecule has 2 nitrogen and oxygen atoms in total. The van der Waals surface area contributed by atoms with Gasteiger partial charge in [0.1, 0.15) is 5.82 Å². The lowest BCUT2D eigenvalue weighted by Crippen LogP contribution is -2.04. The van der Waals surface area contributed by atoms with Gasteiger partial charge in [0.05, 0.1) is 5.75 Å². The summed E-state index contributed by atoms with van der Waals surface area (Å²) in [4.78, 5) is 0. The van der Waals surface area contributed by atoms with E-state index in [2.05, 4.69) is 6.92 Å². The van der Waals surface area contributed by atoms with E-state index in [0.29, 0.717) is 22.8 Å². The summed E-state index contributed by atoms with van der Waals surface area (Å²) in [5.74, 6) is 0.701. The molecule has 4 heteroatoms. The molecule has 0 aromatic heterocycles. The number of nitrogens with two attached hydrogens (primary N) is 1. The van der Waals surface area contributed by atoms with Crippen molar-refractivity contribution in [2.75, 3.05) is 11.5 Å². The van der Waals surface area contributed by atoms with Gasteiger partial charge in [-0.25, -0.2) is 4.39 Å². The van der Waals surface area contributed by atoms with Gasteiger partial charge in [-0.3, -0.25) is 4.21 Å². The zero-order chi connectivity index (χ0) is 12.0. The van der Waals surface area contributed by atoms with Crippen molar-refractivity contribution < 1.29 is 8.60 Å². The molecule has 1 rings (SSSR count). The third-order valence-electron chi connectivity index (χ3n) is 2.40. The Balaban J connectivity index is 2.52. The molecule has 1 atom stereocenters. The van der Waals surface area contributed by atoms with Crippen molar-refractivity contribution in [3.63, 3.8) is 0 Å². The van der Waals surface area contributed by atoms with E-state index in [1.165, 1.54) is 18.2 Å². The Morgan fingerprint density at radius 3 is 2.81 bits per heavy atom. The molecule has 0 saturated carbocycles. The van der Waals surface area contributed by atoms with Gasteiger partial charge < -0.3 is 5.73 Å². The molecule has 0 amide bonds. The van der Waals surface area contributed by atoms with Crippen LogP contribution >= 0.6 is 0 Å². The number of nitrogen functional groups attached to an aromatic ring is 1. The summed E-state index contributed by atoms with van der Waals surface area (Å²) in [5.41, 5.74) is 6.86. The summed E-state index contributed by atoms with van der Waals surface area (Å²) in [6.07, 6.45) is 3.15. The van der Waals surface area contributed by atoms with E-state index in [0.717, 1.165) is 19.3 Å². The molecular formula is C12H18FNOS. The van der Waals surface area contributed by atoms with E-state index >= 15 is 0 Å². The largest absolute Gasteiger partial charge is 0.398 e. The van der Waals surface area contributed by atoms with Gasteiger partial charge in [-0.15, -0.1) is 0 Å². The minimum atomic E-state index is -0.938. The number of benzene rings is 1. The first-order chi connectivity index (χ1) is 7.63. The van der Waals surface area contributed by atoms with Crippen LogP contribution in [-0.4, -0.2) is 9.96 Å². The Morgan fingerprint density at radius 2 is 2.12 bits per heavy atom. The van der Waals surface area contributed by atoms with Gasteiger partial charge in [-0.1, -0.05) is 19.8 Å². The van der Waals surface area contributed by atoms with Crippen molar-refractivity contribution in [3.8, 4) is 0 Å². The lowest BCUT2D eigenvalue weighted by molar-refractivity contribution is 0.626. The molecular weight excluding hydrogens is 225 g/mol. The van der Waals surface area contributed by atoms with E-state index < -0.39 is 10.8 Å². The maximum absolute atomic E-state index is 12.9. The molecule has 0 radical (unpaired) electrons. The predicted octanol–water partition coefficient (Wildman–Crippen LogP) is 2.85. The smallest absolute Gasteiger partial charge is 0.123 e.